The van der Waals surface area contributed by atoms with Crippen LogP contribution in [0.4, 0.5) is 4.79 Å². The molecule has 29 heavy (non-hydrogen) atoms. The quantitative estimate of drug-likeness (QED) is 0.712. The van der Waals surface area contributed by atoms with Crippen molar-refractivity contribution >= 4 is 14.4 Å². The summed E-state index contributed by atoms with van der Waals surface area (Å²) in [6.45, 7) is 11.1. The first-order chi connectivity index (χ1) is 13.4. The van der Waals surface area contributed by atoms with Crippen LogP contribution in [0.5, 0.6) is 5.88 Å². The highest BCUT2D eigenvalue weighted by Crippen LogP contribution is 2.22. The first kappa shape index (κ1) is 21.8. The van der Waals surface area contributed by atoms with Gasteiger partial charge in [-0.05, 0) is 52.5 Å². The summed E-state index contributed by atoms with van der Waals surface area (Å²) in [5, 5.41) is 18.6. The molecule has 1 amide bonds. The molecule has 0 aromatic carbocycles. The molecule has 2 rings (SSSR count). The van der Waals surface area contributed by atoms with E-state index in [1.807, 2.05) is 31.8 Å². The normalized spacial score (nSPS) is 12.1. The van der Waals surface area contributed by atoms with Crippen LogP contribution in [-0.2, 0) is 4.74 Å². The molecule has 0 saturated heterocycles. The van der Waals surface area contributed by atoms with Crippen LogP contribution in [0, 0.1) is 22.7 Å². The Labute approximate surface area is 170 Å². The van der Waals surface area contributed by atoms with Gasteiger partial charge in [-0.1, -0.05) is 6.07 Å². The number of nitriles is 2. The predicted molar refractivity (Wildman–Crippen MR) is 107 cm³/mol. The number of rotatable bonds is 3. The maximum atomic E-state index is 12.2. The lowest BCUT2D eigenvalue weighted by Crippen LogP contribution is -2.32. The average Bonchev–Trinajstić information content (AvgIpc) is 2.59. The lowest BCUT2D eigenvalue weighted by Gasteiger charge is -2.21. The van der Waals surface area contributed by atoms with E-state index in [1.165, 1.54) is 4.57 Å². The van der Waals surface area contributed by atoms with Gasteiger partial charge < -0.3 is 9.16 Å². The van der Waals surface area contributed by atoms with Crippen LogP contribution in [-0.4, -0.2) is 34.5 Å². The number of carbonyl (C=O) groups excluding carboxylic acids is 1. The molecule has 2 aromatic rings. The smallest absolute Gasteiger partial charge is 0.436 e. The van der Waals surface area contributed by atoms with Gasteiger partial charge >= 0.3 is 6.09 Å². The highest BCUT2D eigenvalue weighted by atomic mass is 28.4. The third kappa shape index (κ3) is 5.99. The Morgan fingerprint density at radius 2 is 1.76 bits per heavy atom. The van der Waals surface area contributed by atoms with Crippen molar-refractivity contribution in [1.29, 1.82) is 10.5 Å². The number of carbonyl (C=O) groups is 1. The molecule has 0 saturated carbocycles. The van der Waals surface area contributed by atoms with E-state index in [-0.39, 0.29) is 28.6 Å². The van der Waals surface area contributed by atoms with Gasteiger partial charge in [0.05, 0.1) is 0 Å². The Morgan fingerprint density at radius 1 is 1.14 bits per heavy atom. The molecule has 9 nitrogen and oxygen atoms in total. The van der Waals surface area contributed by atoms with Crippen LogP contribution in [0.15, 0.2) is 29.4 Å². The predicted octanol–water partition coefficient (Wildman–Crippen LogP) is 3.06. The zero-order chi connectivity index (χ0) is 21.8. The Morgan fingerprint density at radius 3 is 2.31 bits per heavy atom. The molecular formula is C19H22N6O3Si. The third-order valence-corrected chi connectivity index (χ3v) is 3.93. The minimum absolute atomic E-state index is 0.0940. The third-order valence-electron chi connectivity index (χ3n) is 3.13. The topological polar surface area (TPSA) is 126 Å². The van der Waals surface area contributed by atoms with Crippen molar-refractivity contribution in [1.82, 2.24) is 14.5 Å². The Bertz CT molecular complexity index is 1080. The van der Waals surface area contributed by atoms with E-state index in [0.29, 0.717) is 0 Å². The number of hydrogen-bond acceptors (Lipinski definition) is 7. The van der Waals surface area contributed by atoms with Crippen molar-refractivity contribution in [2.45, 2.75) is 46.0 Å². The summed E-state index contributed by atoms with van der Waals surface area (Å²) in [6, 6.07) is 8.71. The lowest BCUT2D eigenvalue weighted by atomic mass is 10.2. The zero-order valence-corrected chi connectivity index (χ0v) is 18.2. The van der Waals surface area contributed by atoms with E-state index >= 15 is 0 Å². The van der Waals surface area contributed by atoms with Crippen LogP contribution in [0.1, 0.15) is 32.2 Å². The summed E-state index contributed by atoms with van der Waals surface area (Å²) in [5.41, 5.74) is -0.768. The molecule has 10 heteroatoms. The summed E-state index contributed by atoms with van der Waals surface area (Å²) in [4.78, 5) is 24.6. The fourth-order valence-corrected chi connectivity index (χ4v) is 2.88. The van der Waals surface area contributed by atoms with Gasteiger partial charge in [-0.15, -0.1) is 0 Å². The number of ether oxygens (including phenoxy) is 1. The molecule has 0 N–H and O–H groups in total. The van der Waals surface area contributed by atoms with Crippen LogP contribution in [0.2, 0.25) is 19.6 Å². The Balaban J connectivity index is 2.73. The number of pyridine rings is 1. The maximum absolute atomic E-state index is 12.2. The summed E-state index contributed by atoms with van der Waals surface area (Å²) >= 11 is 0. The van der Waals surface area contributed by atoms with Crippen LogP contribution < -0.4 is 9.91 Å². The first-order valence-corrected chi connectivity index (χ1v) is 12.2. The molecule has 0 unspecified atom stereocenters. The number of hydrogen-bond donors (Lipinski definition) is 0. The SMILES string of the molecule is CC(C)(C)OC(=O)/N=c1/ccccn1-c1nc(C#N)c(C#N)nc1O[Si](C)(C)C. The molecule has 0 radical (unpaired) electrons. The van der Waals surface area contributed by atoms with Gasteiger partial charge in [0.15, 0.2) is 11.4 Å². The molecule has 0 aliphatic heterocycles. The molecule has 0 aliphatic rings. The van der Waals surface area contributed by atoms with Crippen molar-refractivity contribution in [3.63, 3.8) is 0 Å². The Kier molecular flexibility index (Phi) is 6.20. The van der Waals surface area contributed by atoms with E-state index in [2.05, 4.69) is 15.0 Å². The number of aromatic nitrogens is 3. The molecule has 2 heterocycles. The van der Waals surface area contributed by atoms with E-state index in [1.54, 1.807) is 45.2 Å². The van der Waals surface area contributed by atoms with Crippen molar-refractivity contribution in [3.05, 3.63) is 41.3 Å². The standard InChI is InChI=1S/C19H22N6O3Si/c1-19(2,3)27-18(26)24-15-9-7-8-10-25(15)16-17(28-29(4,5)6)23-14(12-21)13(11-20)22-16/h7-10H,1-6H3/b24-15-. The second-order valence-corrected chi connectivity index (χ2v) is 12.4. The number of nitrogens with zero attached hydrogens (tertiary/aromatic N) is 6. The van der Waals surface area contributed by atoms with Gasteiger partial charge in [0.1, 0.15) is 23.2 Å². The summed E-state index contributed by atoms with van der Waals surface area (Å²) in [7, 11) is -2.14. The minimum Gasteiger partial charge on any atom is -0.529 e. The van der Waals surface area contributed by atoms with Crippen molar-refractivity contribution in [2.24, 2.45) is 4.99 Å². The molecule has 0 aliphatic carbocycles. The second kappa shape index (κ2) is 8.25. The monoisotopic (exact) mass is 410 g/mol. The highest BCUT2D eigenvalue weighted by Gasteiger charge is 2.24. The maximum Gasteiger partial charge on any atom is 0.436 e. The van der Waals surface area contributed by atoms with Crippen molar-refractivity contribution < 1.29 is 14.0 Å². The van der Waals surface area contributed by atoms with E-state index < -0.39 is 20.0 Å². The number of amides is 1. The average molecular weight is 411 g/mol. The lowest BCUT2D eigenvalue weighted by molar-refractivity contribution is 0.0596. The van der Waals surface area contributed by atoms with Gasteiger partial charge in [0.25, 0.3) is 0 Å². The molecule has 2 aromatic heterocycles. The Hall–Kier alpha value is -3.50. The van der Waals surface area contributed by atoms with Crippen molar-refractivity contribution in [3.8, 4) is 23.8 Å². The fourth-order valence-electron chi connectivity index (χ4n) is 2.17. The minimum atomic E-state index is -2.14. The summed E-state index contributed by atoms with van der Waals surface area (Å²) in [5.74, 6) is 0.252. The zero-order valence-electron chi connectivity index (χ0n) is 17.2. The van der Waals surface area contributed by atoms with E-state index in [9.17, 15) is 15.3 Å². The molecule has 0 spiro atoms. The molecular weight excluding hydrogens is 388 g/mol. The molecule has 150 valence electrons. The molecule has 0 bridgehead atoms. The van der Waals surface area contributed by atoms with Crippen LogP contribution >= 0.6 is 0 Å². The van der Waals surface area contributed by atoms with Gasteiger partial charge in [-0.2, -0.15) is 20.5 Å². The highest BCUT2D eigenvalue weighted by molar-refractivity contribution is 6.70. The molecule has 0 atom stereocenters. The summed E-state index contributed by atoms with van der Waals surface area (Å²) in [6.07, 6.45) is 0.838. The van der Waals surface area contributed by atoms with Crippen LogP contribution in [0.3, 0.4) is 0 Å². The van der Waals surface area contributed by atoms with Crippen LogP contribution in [0.25, 0.3) is 5.82 Å². The van der Waals surface area contributed by atoms with E-state index in [0.717, 1.165) is 0 Å². The molecule has 0 fully saturated rings. The van der Waals surface area contributed by atoms with Gasteiger partial charge in [-0.3, -0.25) is 4.57 Å². The fraction of sp³-hybridized carbons (Fsp3) is 0.368. The van der Waals surface area contributed by atoms with Gasteiger partial charge in [0, 0.05) is 6.20 Å². The largest absolute Gasteiger partial charge is 0.529 e. The first-order valence-electron chi connectivity index (χ1n) is 8.80. The van der Waals surface area contributed by atoms with Gasteiger partial charge in [0.2, 0.25) is 20.0 Å². The second-order valence-electron chi connectivity index (χ2n) is 8.01. The summed E-state index contributed by atoms with van der Waals surface area (Å²) < 4.78 is 12.7. The van der Waals surface area contributed by atoms with E-state index in [4.69, 9.17) is 9.16 Å². The van der Waals surface area contributed by atoms with Crippen molar-refractivity contribution in [2.75, 3.05) is 0 Å². The van der Waals surface area contributed by atoms with Gasteiger partial charge in [-0.25, -0.2) is 9.78 Å².